The zero-order valence-corrected chi connectivity index (χ0v) is 11.3. The molecule has 5 heteroatoms. The lowest BCUT2D eigenvalue weighted by Crippen LogP contribution is -2.26. The first-order valence-corrected chi connectivity index (χ1v) is 6.87. The normalized spacial score (nSPS) is 18.7. The Labute approximate surface area is 117 Å². The van der Waals surface area contributed by atoms with Crippen LogP contribution in [0.1, 0.15) is 12.8 Å². The Kier molecular flexibility index (Phi) is 3.71. The number of nitrogens with one attached hydrogen (secondary N) is 1. The fourth-order valence-electron chi connectivity index (χ4n) is 2.30. The predicted octanol–water partition coefficient (Wildman–Crippen LogP) is 3.08. The van der Waals surface area contributed by atoms with Gasteiger partial charge in [-0.25, -0.2) is 0 Å². The van der Waals surface area contributed by atoms with E-state index in [9.17, 15) is 0 Å². The van der Waals surface area contributed by atoms with Crippen LogP contribution in [0.25, 0.3) is 0 Å². The molecular formula is C14H16ClN3O. The number of hydrogen-bond acceptors (Lipinski definition) is 3. The van der Waals surface area contributed by atoms with Gasteiger partial charge in [0.1, 0.15) is 5.75 Å². The first kappa shape index (κ1) is 12.5. The van der Waals surface area contributed by atoms with E-state index < -0.39 is 0 Å². The van der Waals surface area contributed by atoms with Gasteiger partial charge in [0.25, 0.3) is 0 Å². The van der Waals surface area contributed by atoms with Crippen LogP contribution >= 0.6 is 11.6 Å². The molecule has 1 N–H and O–H groups in total. The van der Waals surface area contributed by atoms with Crippen LogP contribution in [0.4, 0.5) is 0 Å². The molecule has 1 unspecified atom stereocenters. The van der Waals surface area contributed by atoms with E-state index >= 15 is 0 Å². The van der Waals surface area contributed by atoms with Gasteiger partial charge in [0, 0.05) is 11.1 Å². The van der Waals surface area contributed by atoms with Crippen LogP contribution in [0, 0.1) is 0 Å². The summed E-state index contributed by atoms with van der Waals surface area (Å²) in [5.74, 6) is 1.46. The van der Waals surface area contributed by atoms with Crippen molar-refractivity contribution in [3.05, 3.63) is 41.7 Å². The van der Waals surface area contributed by atoms with E-state index in [4.69, 9.17) is 16.3 Å². The van der Waals surface area contributed by atoms with Crippen LogP contribution in [0.2, 0.25) is 5.02 Å². The maximum atomic E-state index is 5.92. The van der Waals surface area contributed by atoms with Gasteiger partial charge in [0.2, 0.25) is 0 Å². The van der Waals surface area contributed by atoms with E-state index in [0.717, 1.165) is 24.6 Å². The Balaban J connectivity index is 1.64. The van der Waals surface area contributed by atoms with Gasteiger partial charge in [0.05, 0.1) is 18.9 Å². The maximum Gasteiger partial charge on any atom is 0.165 e. The molecule has 100 valence electrons. The van der Waals surface area contributed by atoms with Crippen LogP contribution in [-0.2, 0) is 6.54 Å². The Morgan fingerprint density at radius 3 is 3.16 bits per heavy atom. The van der Waals surface area contributed by atoms with E-state index in [0.29, 0.717) is 11.1 Å². The summed E-state index contributed by atoms with van der Waals surface area (Å²) < 4.78 is 7.64. The predicted molar refractivity (Wildman–Crippen MR) is 74.8 cm³/mol. The van der Waals surface area contributed by atoms with Gasteiger partial charge in [-0.3, -0.25) is 4.68 Å². The van der Waals surface area contributed by atoms with Gasteiger partial charge in [0.15, 0.2) is 5.75 Å². The third kappa shape index (κ3) is 3.28. The second-order valence-corrected chi connectivity index (χ2v) is 5.19. The average Bonchev–Trinajstić information content (AvgIpc) is 3.02. The van der Waals surface area contributed by atoms with Crippen molar-refractivity contribution >= 4 is 11.6 Å². The monoisotopic (exact) mass is 277 g/mol. The molecular weight excluding hydrogens is 262 g/mol. The first-order valence-electron chi connectivity index (χ1n) is 6.49. The van der Waals surface area contributed by atoms with Crippen molar-refractivity contribution < 1.29 is 4.74 Å². The molecule has 1 aliphatic heterocycles. The van der Waals surface area contributed by atoms with Crippen molar-refractivity contribution in [3.63, 3.8) is 0 Å². The molecule has 3 rings (SSSR count). The molecule has 1 aromatic heterocycles. The summed E-state index contributed by atoms with van der Waals surface area (Å²) in [6, 6.07) is 7.88. The largest absolute Gasteiger partial charge is 0.454 e. The molecule has 1 aromatic carbocycles. The lowest BCUT2D eigenvalue weighted by Gasteiger charge is -2.09. The smallest absolute Gasteiger partial charge is 0.165 e. The van der Waals surface area contributed by atoms with Crippen molar-refractivity contribution in [1.82, 2.24) is 15.1 Å². The molecule has 4 nitrogen and oxygen atoms in total. The van der Waals surface area contributed by atoms with E-state index in [1.54, 1.807) is 12.3 Å². The lowest BCUT2D eigenvalue weighted by atomic mass is 10.2. The number of benzene rings is 1. The molecule has 0 bridgehead atoms. The third-order valence-electron chi connectivity index (χ3n) is 3.21. The summed E-state index contributed by atoms with van der Waals surface area (Å²) in [5, 5.41) is 8.44. The summed E-state index contributed by atoms with van der Waals surface area (Å²) >= 11 is 5.92. The second-order valence-electron chi connectivity index (χ2n) is 4.75. The van der Waals surface area contributed by atoms with Gasteiger partial charge >= 0.3 is 0 Å². The fourth-order valence-corrected chi connectivity index (χ4v) is 2.48. The Morgan fingerprint density at radius 2 is 2.37 bits per heavy atom. The number of ether oxygens (including phenoxy) is 1. The van der Waals surface area contributed by atoms with Gasteiger partial charge in [-0.15, -0.1) is 0 Å². The fraction of sp³-hybridized carbons (Fsp3) is 0.357. The van der Waals surface area contributed by atoms with Gasteiger partial charge in [-0.05, 0) is 37.6 Å². The Bertz CT molecular complexity index is 549. The number of rotatable bonds is 4. The Morgan fingerprint density at radius 1 is 1.42 bits per heavy atom. The minimum atomic E-state index is 0.527. The number of halogens is 1. The minimum absolute atomic E-state index is 0.527. The zero-order chi connectivity index (χ0) is 13.1. The van der Waals surface area contributed by atoms with Gasteiger partial charge < -0.3 is 10.1 Å². The summed E-state index contributed by atoms with van der Waals surface area (Å²) in [5.41, 5.74) is 0. The molecule has 0 saturated carbocycles. The average molecular weight is 278 g/mol. The molecule has 1 aliphatic rings. The van der Waals surface area contributed by atoms with E-state index in [-0.39, 0.29) is 0 Å². The standard InChI is InChI=1S/C14H16ClN3O/c15-11-3-1-5-13(7-11)19-14-8-17-18(10-14)9-12-4-2-6-16-12/h1,3,5,7-8,10,12,16H,2,4,6,9H2. The van der Waals surface area contributed by atoms with Crippen molar-refractivity contribution in [2.45, 2.75) is 25.4 Å². The summed E-state index contributed by atoms with van der Waals surface area (Å²) in [7, 11) is 0. The highest BCUT2D eigenvalue weighted by Crippen LogP contribution is 2.23. The van der Waals surface area contributed by atoms with Crippen LogP contribution in [0.15, 0.2) is 36.7 Å². The highest BCUT2D eigenvalue weighted by Gasteiger charge is 2.15. The molecule has 0 radical (unpaired) electrons. The molecule has 2 aromatic rings. The molecule has 19 heavy (non-hydrogen) atoms. The number of nitrogens with zero attached hydrogens (tertiary/aromatic N) is 2. The van der Waals surface area contributed by atoms with Crippen LogP contribution in [-0.4, -0.2) is 22.4 Å². The van der Waals surface area contributed by atoms with Crippen LogP contribution in [0.5, 0.6) is 11.5 Å². The molecule has 1 atom stereocenters. The summed E-state index contributed by atoms with van der Waals surface area (Å²) in [6.45, 7) is 2.00. The number of hydrogen-bond donors (Lipinski definition) is 1. The summed E-state index contributed by atoms with van der Waals surface area (Å²) in [4.78, 5) is 0. The zero-order valence-electron chi connectivity index (χ0n) is 10.6. The van der Waals surface area contributed by atoms with E-state index in [1.165, 1.54) is 12.8 Å². The van der Waals surface area contributed by atoms with Crippen molar-refractivity contribution in [2.75, 3.05) is 6.54 Å². The van der Waals surface area contributed by atoms with Crippen molar-refractivity contribution in [1.29, 1.82) is 0 Å². The highest BCUT2D eigenvalue weighted by atomic mass is 35.5. The van der Waals surface area contributed by atoms with Crippen LogP contribution in [0.3, 0.4) is 0 Å². The SMILES string of the molecule is Clc1cccc(Oc2cnn(CC3CCCN3)c2)c1. The molecule has 1 fully saturated rings. The van der Waals surface area contributed by atoms with Gasteiger partial charge in [-0.1, -0.05) is 17.7 Å². The Hall–Kier alpha value is -1.52. The lowest BCUT2D eigenvalue weighted by molar-refractivity contribution is 0.465. The van der Waals surface area contributed by atoms with E-state index in [2.05, 4.69) is 10.4 Å². The van der Waals surface area contributed by atoms with E-state index in [1.807, 2.05) is 29.1 Å². The third-order valence-corrected chi connectivity index (χ3v) is 3.45. The summed E-state index contributed by atoms with van der Waals surface area (Å²) in [6.07, 6.45) is 6.11. The quantitative estimate of drug-likeness (QED) is 0.933. The topological polar surface area (TPSA) is 39.1 Å². The first-order chi connectivity index (χ1) is 9.29. The van der Waals surface area contributed by atoms with Crippen molar-refractivity contribution in [2.24, 2.45) is 0 Å². The molecule has 2 heterocycles. The molecule has 0 aliphatic carbocycles. The second kappa shape index (κ2) is 5.63. The van der Waals surface area contributed by atoms with Crippen molar-refractivity contribution in [3.8, 4) is 11.5 Å². The highest BCUT2D eigenvalue weighted by molar-refractivity contribution is 6.30. The maximum absolute atomic E-state index is 5.92. The minimum Gasteiger partial charge on any atom is -0.454 e. The molecule has 0 amide bonds. The van der Waals surface area contributed by atoms with Gasteiger partial charge in [-0.2, -0.15) is 5.10 Å². The number of aromatic nitrogens is 2. The van der Waals surface area contributed by atoms with Crippen LogP contribution < -0.4 is 10.1 Å². The molecule has 0 spiro atoms. The molecule has 1 saturated heterocycles.